The average Bonchev–Trinajstić information content (AvgIpc) is 2.80. The first kappa shape index (κ1) is 23.9. The molecule has 6 nitrogen and oxygen atoms in total. The van der Waals surface area contributed by atoms with Crippen molar-refractivity contribution in [2.45, 2.75) is 40.0 Å². The Labute approximate surface area is 194 Å². The molecule has 0 aliphatic rings. The maximum absolute atomic E-state index is 13.0. The topological polar surface area (TPSA) is 87.1 Å². The van der Waals surface area contributed by atoms with Crippen molar-refractivity contribution >= 4 is 17.6 Å². The zero-order chi connectivity index (χ0) is 24.1. The third-order valence-corrected chi connectivity index (χ3v) is 5.68. The van der Waals surface area contributed by atoms with Gasteiger partial charge in [-0.15, -0.1) is 0 Å². The summed E-state index contributed by atoms with van der Waals surface area (Å²) in [4.78, 5) is 25.8. The number of phenolic OH excluding ortho intramolecular Hbond substituents is 1. The number of hydrogen-bond donors (Lipinski definition) is 2. The minimum absolute atomic E-state index is 0.187. The van der Waals surface area contributed by atoms with E-state index < -0.39 is 12.5 Å². The van der Waals surface area contributed by atoms with Crippen molar-refractivity contribution in [3.8, 4) is 17.2 Å². The van der Waals surface area contributed by atoms with Gasteiger partial charge in [0.05, 0.1) is 0 Å². The van der Waals surface area contributed by atoms with Gasteiger partial charge in [-0.25, -0.2) is 0 Å². The maximum Gasteiger partial charge on any atom is 0.323 e. The minimum atomic E-state index is -1.10. The lowest BCUT2D eigenvalue weighted by molar-refractivity contribution is -0.135. The molecule has 0 aliphatic carbocycles. The normalized spacial score (nSPS) is 11.6. The van der Waals surface area contributed by atoms with Crippen molar-refractivity contribution < 1.29 is 24.5 Å². The molecule has 0 saturated carbocycles. The molecule has 33 heavy (non-hydrogen) atoms. The second-order valence-electron chi connectivity index (χ2n) is 8.19. The van der Waals surface area contributed by atoms with Crippen molar-refractivity contribution in [2.24, 2.45) is 0 Å². The molecule has 3 aromatic rings. The molecule has 3 aromatic carbocycles. The van der Waals surface area contributed by atoms with Crippen LogP contribution in [0.3, 0.4) is 0 Å². The van der Waals surface area contributed by atoms with Crippen LogP contribution in [0.25, 0.3) is 0 Å². The summed E-state index contributed by atoms with van der Waals surface area (Å²) >= 11 is 0. The van der Waals surface area contributed by atoms with Gasteiger partial charge in [-0.05, 0) is 79.8 Å². The second-order valence-corrected chi connectivity index (χ2v) is 8.19. The van der Waals surface area contributed by atoms with Crippen molar-refractivity contribution in [1.82, 2.24) is 0 Å². The predicted molar refractivity (Wildman–Crippen MR) is 129 cm³/mol. The van der Waals surface area contributed by atoms with Gasteiger partial charge in [0.2, 0.25) is 0 Å². The lowest BCUT2D eigenvalue weighted by Crippen LogP contribution is -2.35. The molecule has 0 radical (unpaired) electrons. The maximum atomic E-state index is 13.0. The molecule has 1 amide bonds. The van der Waals surface area contributed by atoms with Gasteiger partial charge in [0, 0.05) is 16.8 Å². The van der Waals surface area contributed by atoms with Crippen molar-refractivity contribution in [1.29, 1.82) is 0 Å². The Balaban J connectivity index is 1.96. The highest BCUT2D eigenvalue weighted by molar-refractivity contribution is 6.08. The number of carboxylic acid groups (broad SMARTS) is 1. The molecule has 0 fully saturated rings. The van der Waals surface area contributed by atoms with Crippen molar-refractivity contribution in [2.75, 3.05) is 11.4 Å². The van der Waals surface area contributed by atoms with Crippen LogP contribution in [0.2, 0.25) is 0 Å². The first-order valence-corrected chi connectivity index (χ1v) is 10.9. The highest BCUT2D eigenvalue weighted by Crippen LogP contribution is 2.36. The third-order valence-electron chi connectivity index (χ3n) is 5.68. The van der Waals surface area contributed by atoms with Crippen LogP contribution >= 0.6 is 0 Å². The monoisotopic (exact) mass is 447 g/mol. The molecule has 3 rings (SSSR count). The first-order valence-electron chi connectivity index (χ1n) is 10.9. The van der Waals surface area contributed by atoms with E-state index in [0.717, 1.165) is 23.1 Å². The molecule has 6 heteroatoms. The number of carbonyl (C=O) groups is 2. The van der Waals surface area contributed by atoms with Gasteiger partial charge in [-0.1, -0.05) is 32.0 Å². The summed E-state index contributed by atoms with van der Waals surface area (Å²) in [5.74, 6) is 0.168. The Morgan fingerprint density at radius 2 is 1.64 bits per heavy atom. The van der Waals surface area contributed by atoms with Crippen LogP contribution in [0, 0.1) is 13.8 Å². The minimum Gasteiger partial charge on any atom is -0.508 e. The fourth-order valence-corrected chi connectivity index (χ4v) is 3.72. The quantitative estimate of drug-likeness (QED) is 0.439. The summed E-state index contributed by atoms with van der Waals surface area (Å²) in [5, 5.41) is 19.6. The van der Waals surface area contributed by atoms with Gasteiger partial charge in [0.25, 0.3) is 5.91 Å². The van der Waals surface area contributed by atoms with Gasteiger partial charge in [0.15, 0.2) is 0 Å². The number of carboxylic acids is 1. The van der Waals surface area contributed by atoms with E-state index in [9.17, 15) is 19.8 Å². The number of rotatable bonds is 8. The molecule has 1 atom stereocenters. The van der Waals surface area contributed by atoms with Crippen LogP contribution in [0.1, 0.15) is 53.2 Å². The number of carbonyl (C=O) groups excluding carboxylic acids is 1. The lowest BCUT2D eigenvalue weighted by atomic mass is 9.97. The van der Waals surface area contributed by atoms with Crippen LogP contribution in [-0.4, -0.2) is 28.6 Å². The summed E-state index contributed by atoms with van der Waals surface area (Å²) in [6, 6.07) is 17.3. The Kier molecular flexibility index (Phi) is 7.38. The summed E-state index contributed by atoms with van der Waals surface area (Å²) < 4.78 is 6.16. The van der Waals surface area contributed by atoms with E-state index in [1.807, 2.05) is 26.8 Å². The predicted octanol–water partition coefficient (Wildman–Crippen LogP) is 6.05. The van der Waals surface area contributed by atoms with Gasteiger partial charge < -0.3 is 14.9 Å². The SMILES string of the molecule is CCC(C)c1cc(Oc2c(C)cc(N(CC(=O)O)C(=O)c3ccccc3)cc2C)ccc1O. The van der Waals surface area contributed by atoms with Crippen molar-refractivity contribution in [3.05, 3.63) is 82.9 Å². The van der Waals surface area contributed by atoms with Crippen LogP contribution in [0.4, 0.5) is 5.69 Å². The number of anilines is 1. The second kappa shape index (κ2) is 10.2. The van der Waals surface area contributed by atoms with E-state index in [-0.39, 0.29) is 17.6 Å². The molecular formula is C27H29NO5. The number of benzene rings is 3. The molecule has 1 unspecified atom stereocenters. The first-order chi connectivity index (χ1) is 15.7. The molecule has 0 bridgehead atoms. The fraction of sp³-hybridized carbons (Fsp3) is 0.259. The number of aliphatic carboxylic acids is 1. The van der Waals surface area contributed by atoms with Gasteiger partial charge in [0.1, 0.15) is 23.8 Å². The highest BCUT2D eigenvalue weighted by Gasteiger charge is 2.22. The van der Waals surface area contributed by atoms with E-state index in [0.29, 0.717) is 22.7 Å². The van der Waals surface area contributed by atoms with Crippen molar-refractivity contribution in [3.63, 3.8) is 0 Å². The molecule has 0 aliphatic heterocycles. The summed E-state index contributed by atoms with van der Waals surface area (Å²) in [7, 11) is 0. The number of aromatic hydroxyl groups is 1. The van der Waals surface area contributed by atoms with Crippen LogP contribution < -0.4 is 9.64 Å². The third kappa shape index (κ3) is 5.52. The number of phenols is 1. The van der Waals surface area contributed by atoms with Crippen LogP contribution in [-0.2, 0) is 4.79 Å². The molecular weight excluding hydrogens is 418 g/mol. The summed E-state index contributed by atoms with van der Waals surface area (Å²) in [6.07, 6.45) is 0.888. The average molecular weight is 448 g/mol. The smallest absolute Gasteiger partial charge is 0.323 e. The number of aryl methyl sites for hydroxylation is 2. The largest absolute Gasteiger partial charge is 0.508 e. The van der Waals surface area contributed by atoms with E-state index in [4.69, 9.17) is 4.74 Å². The molecule has 0 saturated heterocycles. The van der Waals surface area contributed by atoms with E-state index in [1.165, 1.54) is 4.90 Å². The summed E-state index contributed by atoms with van der Waals surface area (Å²) in [5.41, 5.74) is 3.25. The number of hydrogen-bond acceptors (Lipinski definition) is 4. The van der Waals surface area contributed by atoms with Crippen LogP contribution in [0.5, 0.6) is 17.2 Å². The Morgan fingerprint density at radius 3 is 2.21 bits per heavy atom. The molecule has 0 spiro atoms. The molecule has 172 valence electrons. The lowest BCUT2D eigenvalue weighted by Gasteiger charge is -2.23. The fourth-order valence-electron chi connectivity index (χ4n) is 3.72. The highest BCUT2D eigenvalue weighted by atomic mass is 16.5. The standard InChI is InChI=1S/C27H29NO5/c1-5-17(2)23-15-22(11-12-24(23)29)33-26-18(3)13-21(14-19(26)4)28(16-25(30)31)27(32)20-9-7-6-8-10-20/h6-15,17,29H,5,16H2,1-4H3,(H,30,31). The molecule has 2 N–H and O–H groups in total. The van der Waals surface area contributed by atoms with E-state index in [2.05, 4.69) is 6.92 Å². The zero-order valence-corrected chi connectivity index (χ0v) is 19.3. The molecule has 0 heterocycles. The van der Waals surface area contributed by atoms with Gasteiger partial charge in [-0.3, -0.25) is 14.5 Å². The number of nitrogens with zero attached hydrogens (tertiary/aromatic N) is 1. The van der Waals surface area contributed by atoms with Crippen LogP contribution in [0.15, 0.2) is 60.7 Å². The van der Waals surface area contributed by atoms with Gasteiger partial charge in [-0.2, -0.15) is 0 Å². The summed E-state index contributed by atoms with van der Waals surface area (Å²) in [6.45, 7) is 7.36. The van der Waals surface area contributed by atoms with E-state index >= 15 is 0 Å². The number of amides is 1. The number of ether oxygens (including phenoxy) is 1. The zero-order valence-electron chi connectivity index (χ0n) is 19.3. The van der Waals surface area contributed by atoms with Gasteiger partial charge >= 0.3 is 5.97 Å². The Bertz CT molecular complexity index is 1130. The Hall–Kier alpha value is -3.80. The van der Waals surface area contributed by atoms with E-state index in [1.54, 1.807) is 54.6 Å². The molecule has 0 aromatic heterocycles. The Morgan fingerprint density at radius 1 is 1.00 bits per heavy atom.